The van der Waals surface area contributed by atoms with Crippen LogP contribution in [0.2, 0.25) is 0 Å². The Morgan fingerprint density at radius 3 is 2.44 bits per heavy atom. The molecule has 0 saturated carbocycles. The first-order chi connectivity index (χ1) is 15.4. The maximum absolute atomic E-state index is 13.0. The van der Waals surface area contributed by atoms with Crippen molar-refractivity contribution in [3.8, 4) is 22.7 Å². The van der Waals surface area contributed by atoms with Gasteiger partial charge in [-0.2, -0.15) is 5.10 Å². The van der Waals surface area contributed by atoms with Crippen LogP contribution in [0, 0.1) is 0 Å². The zero-order valence-electron chi connectivity index (χ0n) is 18.5. The molecule has 1 amide bonds. The number of methoxy groups -OCH3 is 1. The number of ether oxygens (including phenoxy) is 1. The third kappa shape index (κ3) is 5.54. The highest BCUT2D eigenvalue weighted by atomic mass is 32.2. The Morgan fingerprint density at radius 2 is 1.81 bits per heavy atom. The van der Waals surface area contributed by atoms with Gasteiger partial charge < -0.3 is 10.1 Å². The summed E-state index contributed by atoms with van der Waals surface area (Å²) in [7, 11) is -0.0835. The lowest BCUT2D eigenvalue weighted by Crippen LogP contribution is -2.32. The Bertz CT molecular complexity index is 1140. The molecule has 1 N–H and O–H groups in total. The number of hydrogen-bond donors (Lipinski definition) is 1. The third-order valence-electron chi connectivity index (χ3n) is 5.12. The summed E-state index contributed by atoms with van der Waals surface area (Å²) in [6, 6.07) is 16.9. The number of aromatic nitrogens is 2. The van der Waals surface area contributed by atoms with Gasteiger partial charge in [-0.25, -0.2) is 17.4 Å². The first kappa shape index (κ1) is 23.5. The number of para-hydroxylation sites is 1. The molecule has 1 heterocycles. The molecule has 2 aromatic carbocycles. The Balaban J connectivity index is 1.79. The van der Waals surface area contributed by atoms with E-state index in [1.54, 1.807) is 32.0 Å². The van der Waals surface area contributed by atoms with E-state index >= 15 is 0 Å². The quantitative estimate of drug-likeness (QED) is 0.474. The number of carbonyl (C=O) groups excluding carboxylic acids is 1. The summed E-state index contributed by atoms with van der Waals surface area (Å²) in [5.74, 6) is 0.507. The molecular formula is C23H28N4O4S. The largest absolute Gasteiger partial charge is 0.497 e. The predicted octanol–water partition coefficient (Wildman–Crippen LogP) is 2.95. The fourth-order valence-corrected chi connectivity index (χ4v) is 4.02. The molecule has 0 bridgehead atoms. The van der Waals surface area contributed by atoms with E-state index < -0.39 is 10.0 Å². The van der Waals surface area contributed by atoms with Crippen LogP contribution in [0.4, 0.5) is 0 Å². The van der Waals surface area contributed by atoms with Crippen molar-refractivity contribution in [1.82, 2.24) is 19.4 Å². The molecule has 1 aromatic heterocycles. The number of sulfonamides is 1. The number of nitrogens with zero attached hydrogens (tertiary/aromatic N) is 3. The summed E-state index contributed by atoms with van der Waals surface area (Å²) < 4.78 is 31.9. The van der Waals surface area contributed by atoms with Gasteiger partial charge in [0.25, 0.3) is 5.91 Å². The van der Waals surface area contributed by atoms with Gasteiger partial charge in [0.05, 0.1) is 24.1 Å². The highest BCUT2D eigenvalue weighted by Gasteiger charge is 2.19. The molecule has 170 valence electrons. The summed E-state index contributed by atoms with van der Waals surface area (Å²) in [5.41, 5.74) is 2.63. The molecule has 32 heavy (non-hydrogen) atoms. The van der Waals surface area contributed by atoms with Crippen molar-refractivity contribution in [3.63, 3.8) is 0 Å². The lowest BCUT2D eigenvalue weighted by Gasteiger charge is -2.15. The smallest absolute Gasteiger partial charge is 0.255 e. The molecule has 0 aliphatic rings. The van der Waals surface area contributed by atoms with E-state index in [0.717, 1.165) is 11.3 Å². The van der Waals surface area contributed by atoms with Gasteiger partial charge in [-0.15, -0.1) is 0 Å². The molecule has 9 heteroatoms. The van der Waals surface area contributed by atoms with Crippen LogP contribution in [0.5, 0.6) is 5.75 Å². The zero-order chi connectivity index (χ0) is 23.1. The van der Waals surface area contributed by atoms with Gasteiger partial charge in [-0.3, -0.25) is 4.79 Å². The lowest BCUT2D eigenvalue weighted by atomic mass is 10.1. The average Bonchev–Trinajstić information content (AvgIpc) is 3.28. The van der Waals surface area contributed by atoms with Crippen molar-refractivity contribution in [2.24, 2.45) is 0 Å². The predicted molar refractivity (Wildman–Crippen MR) is 125 cm³/mol. The van der Waals surface area contributed by atoms with E-state index in [0.29, 0.717) is 36.5 Å². The minimum absolute atomic E-state index is 0.0553. The van der Waals surface area contributed by atoms with Crippen molar-refractivity contribution >= 4 is 15.9 Å². The second-order valence-corrected chi connectivity index (χ2v) is 9.60. The molecule has 3 rings (SSSR count). The van der Waals surface area contributed by atoms with Crippen molar-refractivity contribution in [2.45, 2.75) is 13.3 Å². The number of hydrogen-bond acceptors (Lipinski definition) is 5. The molecule has 0 radical (unpaired) electrons. The first-order valence-electron chi connectivity index (χ1n) is 10.4. The summed E-state index contributed by atoms with van der Waals surface area (Å²) in [5, 5.41) is 7.54. The maximum atomic E-state index is 13.0. The summed E-state index contributed by atoms with van der Waals surface area (Å²) >= 11 is 0. The monoisotopic (exact) mass is 456 g/mol. The van der Waals surface area contributed by atoms with Gasteiger partial charge in [0.1, 0.15) is 11.4 Å². The molecule has 0 saturated heterocycles. The Morgan fingerprint density at radius 1 is 1.12 bits per heavy atom. The normalized spacial score (nSPS) is 11.5. The highest BCUT2D eigenvalue weighted by Crippen LogP contribution is 2.26. The van der Waals surface area contributed by atoms with Gasteiger partial charge in [0.15, 0.2) is 0 Å². The van der Waals surface area contributed by atoms with E-state index in [9.17, 15) is 13.2 Å². The molecular weight excluding hydrogens is 428 g/mol. The third-order valence-corrected chi connectivity index (χ3v) is 6.98. The molecule has 0 spiro atoms. The van der Waals surface area contributed by atoms with Gasteiger partial charge >= 0.3 is 0 Å². The molecule has 3 aromatic rings. The van der Waals surface area contributed by atoms with Crippen molar-refractivity contribution in [1.29, 1.82) is 0 Å². The van der Waals surface area contributed by atoms with Gasteiger partial charge in [-0.05, 0) is 49.7 Å². The minimum atomic E-state index is -3.23. The number of benzene rings is 2. The van der Waals surface area contributed by atoms with E-state index in [-0.39, 0.29) is 11.7 Å². The second kappa shape index (κ2) is 10.4. The summed E-state index contributed by atoms with van der Waals surface area (Å²) in [6.45, 7) is 2.30. The van der Waals surface area contributed by atoms with Gasteiger partial charge in [0.2, 0.25) is 10.0 Å². The fourth-order valence-electron chi connectivity index (χ4n) is 3.17. The maximum Gasteiger partial charge on any atom is 0.255 e. The molecule has 8 nitrogen and oxygen atoms in total. The standard InChI is InChI=1S/C23H28N4O4S/c1-4-32(29,30)26(2)16-8-15-24-23(28)21-17-27(19-9-6-5-7-10-19)25-22(21)18-11-13-20(31-3)14-12-18/h5-7,9-14,17H,4,8,15-16H2,1-3H3,(H,24,28). The Hall–Kier alpha value is -3.17. The zero-order valence-corrected chi connectivity index (χ0v) is 19.3. The van der Waals surface area contributed by atoms with Crippen molar-refractivity contribution in [3.05, 3.63) is 66.4 Å². The van der Waals surface area contributed by atoms with Crippen LogP contribution in [0.3, 0.4) is 0 Å². The number of rotatable bonds is 10. The van der Waals surface area contributed by atoms with Crippen molar-refractivity contribution < 1.29 is 17.9 Å². The molecule has 0 fully saturated rings. The molecule has 0 atom stereocenters. The van der Waals surface area contributed by atoms with Crippen LogP contribution < -0.4 is 10.1 Å². The Kier molecular flexibility index (Phi) is 7.66. The SMILES string of the molecule is CCS(=O)(=O)N(C)CCCNC(=O)c1cn(-c2ccccc2)nc1-c1ccc(OC)cc1. The van der Waals surface area contributed by atoms with Crippen LogP contribution >= 0.6 is 0 Å². The molecule has 0 unspecified atom stereocenters. The Labute approximate surface area is 188 Å². The molecule has 0 aliphatic heterocycles. The van der Waals surface area contributed by atoms with Crippen LogP contribution in [-0.4, -0.2) is 61.4 Å². The molecule has 0 aliphatic carbocycles. The summed E-state index contributed by atoms with van der Waals surface area (Å²) in [4.78, 5) is 13.0. The first-order valence-corrected chi connectivity index (χ1v) is 12.0. The number of amides is 1. The average molecular weight is 457 g/mol. The summed E-state index contributed by atoms with van der Waals surface area (Å²) in [6.07, 6.45) is 2.21. The van der Waals surface area contributed by atoms with E-state index in [2.05, 4.69) is 10.4 Å². The van der Waals surface area contributed by atoms with E-state index in [1.165, 1.54) is 4.31 Å². The number of nitrogens with one attached hydrogen (secondary N) is 1. The second-order valence-electron chi connectivity index (χ2n) is 7.23. The van der Waals surface area contributed by atoms with Crippen LogP contribution in [0.25, 0.3) is 16.9 Å². The van der Waals surface area contributed by atoms with Crippen molar-refractivity contribution in [2.75, 3.05) is 33.0 Å². The fraction of sp³-hybridized carbons (Fsp3) is 0.304. The van der Waals surface area contributed by atoms with Gasteiger partial charge in [0, 0.05) is 31.9 Å². The topological polar surface area (TPSA) is 93.5 Å². The lowest BCUT2D eigenvalue weighted by molar-refractivity contribution is 0.0953. The van der Waals surface area contributed by atoms with E-state index in [4.69, 9.17) is 4.74 Å². The van der Waals surface area contributed by atoms with Gasteiger partial charge in [-0.1, -0.05) is 18.2 Å². The minimum Gasteiger partial charge on any atom is -0.497 e. The number of carbonyl (C=O) groups is 1. The van der Waals surface area contributed by atoms with Crippen LogP contribution in [0.1, 0.15) is 23.7 Å². The van der Waals surface area contributed by atoms with Crippen LogP contribution in [-0.2, 0) is 10.0 Å². The van der Waals surface area contributed by atoms with Crippen LogP contribution in [0.15, 0.2) is 60.8 Å². The highest BCUT2D eigenvalue weighted by molar-refractivity contribution is 7.89. The van der Waals surface area contributed by atoms with E-state index in [1.807, 2.05) is 54.6 Å².